The van der Waals surface area contributed by atoms with Crippen molar-refractivity contribution in [3.05, 3.63) is 35.2 Å². The standard InChI is InChI=1S/C13H18N6/c1-4-11-12(5-2)18-19-13(17-11)16-8-10-7-14-9(3)6-15-10/h6-7H,4-5,8H2,1-3H3,(H,16,17,19). The van der Waals surface area contributed by atoms with E-state index in [0.29, 0.717) is 12.5 Å². The van der Waals surface area contributed by atoms with Gasteiger partial charge in [-0.15, -0.1) is 5.10 Å². The number of aryl methyl sites for hydroxylation is 3. The molecule has 0 radical (unpaired) electrons. The molecule has 19 heavy (non-hydrogen) atoms. The predicted molar refractivity (Wildman–Crippen MR) is 72.7 cm³/mol. The molecule has 0 aliphatic rings. The largest absolute Gasteiger partial charge is 0.347 e. The Morgan fingerprint density at radius 1 is 1.00 bits per heavy atom. The van der Waals surface area contributed by atoms with E-state index in [4.69, 9.17) is 0 Å². The smallest absolute Gasteiger partial charge is 0.243 e. The Kier molecular flexibility index (Phi) is 4.33. The first-order valence-electron chi connectivity index (χ1n) is 6.46. The fourth-order valence-corrected chi connectivity index (χ4v) is 1.69. The Bertz CT molecular complexity index is 537. The van der Waals surface area contributed by atoms with Crippen LogP contribution in [0.5, 0.6) is 0 Å². The maximum atomic E-state index is 4.46. The van der Waals surface area contributed by atoms with Crippen LogP contribution in [0.3, 0.4) is 0 Å². The third-order valence-electron chi connectivity index (χ3n) is 2.77. The normalized spacial score (nSPS) is 10.5. The van der Waals surface area contributed by atoms with Crippen molar-refractivity contribution in [3.8, 4) is 0 Å². The Hall–Kier alpha value is -2.11. The highest BCUT2D eigenvalue weighted by Gasteiger charge is 2.06. The van der Waals surface area contributed by atoms with E-state index in [0.717, 1.165) is 35.6 Å². The monoisotopic (exact) mass is 258 g/mol. The molecule has 2 heterocycles. The van der Waals surface area contributed by atoms with Gasteiger partial charge in [-0.25, -0.2) is 4.98 Å². The van der Waals surface area contributed by atoms with Crippen molar-refractivity contribution >= 4 is 5.95 Å². The fourth-order valence-electron chi connectivity index (χ4n) is 1.69. The summed E-state index contributed by atoms with van der Waals surface area (Å²) < 4.78 is 0. The second-order valence-electron chi connectivity index (χ2n) is 4.24. The van der Waals surface area contributed by atoms with Crippen molar-refractivity contribution in [1.29, 1.82) is 0 Å². The van der Waals surface area contributed by atoms with Gasteiger partial charge in [0.1, 0.15) is 0 Å². The van der Waals surface area contributed by atoms with E-state index in [-0.39, 0.29) is 0 Å². The van der Waals surface area contributed by atoms with Gasteiger partial charge >= 0.3 is 0 Å². The third-order valence-corrected chi connectivity index (χ3v) is 2.77. The minimum Gasteiger partial charge on any atom is -0.347 e. The Balaban J connectivity index is 2.05. The summed E-state index contributed by atoms with van der Waals surface area (Å²) in [4.78, 5) is 12.9. The Morgan fingerprint density at radius 3 is 2.42 bits per heavy atom. The van der Waals surface area contributed by atoms with Crippen molar-refractivity contribution in [2.45, 2.75) is 40.2 Å². The molecular weight excluding hydrogens is 240 g/mol. The van der Waals surface area contributed by atoms with Gasteiger partial charge in [0, 0.05) is 6.20 Å². The van der Waals surface area contributed by atoms with Crippen LogP contribution < -0.4 is 5.32 Å². The lowest BCUT2D eigenvalue weighted by Crippen LogP contribution is -2.10. The highest BCUT2D eigenvalue weighted by Crippen LogP contribution is 2.07. The molecule has 0 fully saturated rings. The van der Waals surface area contributed by atoms with Crippen molar-refractivity contribution in [1.82, 2.24) is 25.1 Å². The number of aromatic nitrogens is 5. The summed E-state index contributed by atoms with van der Waals surface area (Å²) in [6, 6.07) is 0. The Labute approximate surface area is 112 Å². The first-order chi connectivity index (χ1) is 9.22. The van der Waals surface area contributed by atoms with Gasteiger partial charge in [0.05, 0.1) is 35.5 Å². The summed E-state index contributed by atoms with van der Waals surface area (Å²) in [7, 11) is 0. The van der Waals surface area contributed by atoms with Crippen LogP contribution in [-0.4, -0.2) is 25.1 Å². The molecule has 0 saturated carbocycles. The summed E-state index contributed by atoms with van der Waals surface area (Å²) in [5.41, 5.74) is 3.72. The minimum atomic E-state index is 0.538. The SMILES string of the molecule is CCc1nnc(NCc2cnc(C)cn2)nc1CC. The molecule has 0 aliphatic heterocycles. The molecule has 0 spiro atoms. The van der Waals surface area contributed by atoms with Crippen molar-refractivity contribution in [2.24, 2.45) is 0 Å². The Morgan fingerprint density at radius 2 is 1.79 bits per heavy atom. The summed E-state index contributed by atoms with van der Waals surface area (Å²) >= 11 is 0. The van der Waals surface area contributed by atoms with Gasteiger partial charge in [-0.05, 0) is 19.8 Å². The average Bonchev–Trinajstić information content (AvgIpc) is 2.46. The highest BCUT2D eigenvalue weighted by molar-refractivity contribution is 5.26. The quantitative estimate of drug-likeness (QED) is 0.879. The minimum absolute atomic E-state index is 0.538. The summed E-state index contributed by atoms with van der Waals surface area (Å²) in [6.45, 7) is 6.58. The lowest BCUT2D eigenvalue weighted by Gasteiger charge is -2.07. The van der Waals surface area contributed by atoms with E-state index >= 15 is 0 Å². The first kappa shape index (κ1) is 13.3. The zero-order valence-corrected chi connectivity index (χ0v) is 11.5. The number of rotatable bonds is 5. The molecule has 0 bridgehead atoms. The molecule has 6 nitrogen and oxygen atoms in total. The molecule has 2 aromatic heterocycles. The molecule has 0 amide bonds. The fraction of sp³-hybridized carbons (Fsp3) is 0.462. The lowest BCUT2D eigenvalue weighted by atomic mass is 10.2. The number of anilines is 1. The van der Waals surface area contributed by atoms with Crippen LogP contribution in [0.1, 0.15) is 36.6 Å². The first-order valence-corrected chi connectivity index (χ1v) is 6.46. The van der Waals surface area contributed by atoms with Gasteiger partial charge in [-0.2, -0.15) is 5.10 Å². The zero-order valence-electron chi connectivity index (χ0n) is 11.5. The summed E-state index contributed by atoms with van der Waals surface area (Å²) in [5, 5.41) is 11.4. The maximum absolute atomic E-state index is 4.46. The van der Waals surface area contributed by atoms with Gasteiger partial charge < -0.3 is 5.32 Å². The molecule has 0 atom stereocenters. The topological polar surface area (TPSA) is 76.5 Å². The number of hydrogen-bond donors (Lipinski definition) is 1. The van der Waals surface area contributed by atoms with E-state index in [1.165, 1.54) is 0 Å². The zero-order chi connectivity index (χ0) is 13.7. The second kappa shape index (κ2) is 6.17. The van der Waals surface area contributed by atoms with Gasteiger partial charge in [-0.3, -0.25) is 9.97 Å². The van der Waals surface area contributed by atoms with E-state index in [9.17, 15) is 0 Å². The molecule has 2 aromatic rings. The number of nitrogens with zero attached hydrogens (tertiary/aromatic N) is 5. The lowest BCUT2D eigenvalue weighted by molar-refractivity contribution is 0.816. The van der Waals surface area contributed by atoms with Crippen LogP contribution in [0, 0.1) is 6.92 Å². The third kappa shape index (κ3) is 3.43. The predicted octanol–water partition coefficient (Wildman–Crippen LogP) is 1.71. The van der Waals surface area contributed by atoms with E-state index in [1.54, 1.807) is 12.4 Å². The average molecular weight is 258 g/mol. The molecule has 6 heteroatoms. The van der Waals surface area contributed by atoms with Crippen LogP contribution in [0.15, 0.2) is 12.4 Å². The van der Waals surface area contributed by atoms with Crippen LogP contribution in [0.25, 0.3) is 0 Å². The van der Waals surface area contributed by atoms with E-state index < -0.39 is 0 Å². The molecule has 0 aliphatic carbocycles. The molecular formula is C13H18N6. The van der Waals surface area contributed by atoms with Crippen molar-refractivity contribution < 1.29 is 0 Å². The highest BCUT2D eigenvalue weighted by atomic mass is 15.2. The maximum Gasteiger partial charge on any atom is 0.243 e. The molecule has 0 unspecified atom stereocenters. The van der Waals surface area contributed by atoms with Crippen LogP contribution in [0.2, 0.25) is 0 Å². The van der Waals surface area contributed by atoms with Crippen LogP contribution >= 0.6 is 0 Å². The molecule has 1 N–H and O–H groups in total. The summed E-state index contributed by atoms with van der Waals surface area (Å²) in [5.74, 6) is 0.538. The molecule has 0 saturated heterocycles. The van der Waals surface area contributed by atoms with E-state index in [1.807, 2.05) is 6.92 Å². The van der Waals surface area contributed by atoms with Crippen LogP contribution in [0.4, 0.5) is 5.95 Å². The van der Waals surface area contributed by atoms with Crippen LogP contribution in [-0.2, 0) is 19.4 Å². The molecule has 100 valence electrons. The second-order valence-corrected chi connectivity index (χ2v) is 4.24. The van der Waals surface area contributed by atoms with E-state index in [2.05, 4.69) is 44.3 Å². The number of hydrogen-bond acceptors (Lipinski definition) is 6. The molecule has 0 aromatic carbocycles. The summed E-state index contributed by atoms with van der Waals surface area (Å²) in [6.07, 6.45) is 5.20. The van der Waals surface area contributed by atoms with Gasteiger partial charge in [0.15, 0.2) is 0 Å². The van der Waals surface area contributed by atoms with Gasteiger partial charge in [0.25, 0.3) is 0 Å². The molecule has 2 rings (SSSR count). The van der Waals surface area contributed by atoms with Gasteiger partial charge in [-0.1, -0.05) is 13.8 Å². The van der Waals surface area contributed by atoms with Gasteiger partial charge in [0.2, 0.25) is 5.95 Å². The van der Waals surface area contributed by atoms with Crippen molar-refractivity contribution in [2.75, 3.05) is 5.32 Å². The van der Waals surface area contributed by atoms with Crippen molar-refractivity contribution in [3.63, 3.8) is 0 Å². The number of nitrogens with one attached hydrogen (secondary N) is 1.